The Morgan fingerprint density at radius 3 is 2.45 bits per heavy atom. The maximum atomic E-state index is 12.1. The van der Waals surface area contributed by atoms with Crippen LogP contribution in [0.15, 0.2) is 33.6 Å². The zero-order valence-electron chi connectivity index (χ0n) is 11.6. The quantitative estimate of drug-likeness (QED) is 0.787. The predicted molar refractivity (Wildman–Crippen MR) is 79.7 cm³/mol. The number of nitrogens with one attached hydrogen (secondary N) is 1. The molecule has 0 aliphatic rings. The van der Waals surface area contributed by atoms with E-state index in [0.717, 1.165) is 0 Å². The van der Waals surface area contributed by atoms with E-state index in [4.69, 9.17) is 4.74 Å². The summed E-state index contributed by atoms with van der Waals surface area (Å²) in [5.74, 6) is -0.968. The molecule has 0 radical (unpaired) electrons. The summed E-state index contributed by atoms with van der Waals surface area (Å²) in [6.45, 7) is 5.11. The van der Waals surface area contributed by atoms with Gasteiger partial charge in [0.25, 0.3) is 0 Å². The Kier molecular flexibility index (Phi) is 6.16. The van der Waals surface area contributed by atoms with Crippen LogP contribution in [-0.4, -0.2) is 27.0 Å². The molecule has 0 heterocycles. The van der Waals surface area contributed by atoms with E-state index >= 15 is 0 Å². The van der Waals surface area contributed by atoms with Gasteiger partial charge < -0.3 is 4.74 Å². The van der Waals surface area contributed by atoms with Gasteiger partial charge in [0.05, 0.1) is 16.9 Å². The van der Waals surface area contributed by atoms with Crippen molar-refractivity contribution in [2.45, 2.75) is 31.8 Å². The lowest BCUT2D eigenvalue weighted by atomic mass is 10.2. The number of ether oxygens (including phenoxy) is 1. The number of benzene rings is 1. The van der Waals surface area contributed by atoms with E-state index in [0.29, 0.717) is 4.47 Å². The second-order valence-corrected chi connectivity index (χ2v) is 7.26. The highest BCUT2D eigenvalue weighted by Gasteiger charge is 2.21. The van der Waals surface area contributed by atoms with Gasteiger partial charge in [-0.2, -0.15) is 0 Å². The minimum absolute atomic E-state index is 0.00474. The van der Waals surface area contributed by atoms with Crippen LogP contribution in [-0.2, 0) is 19.6 Å². The molecule has 7 heteroatoms. The average molecular weight is 364 g/mol. The van der Waals surface area contributed by atoms with E-state index in [1.54, 1.807) is 39.0 Å². The summed E-state index contributed by atoms with van der Waals surface area (Å²) in [7, 11) is -3.65. The van der Waals surface area contributed by atoms with Crippen molar-refractivity contribution >= 4 is 31.9 Å². The number of carbonyl (C=O) groups is 1. The molecule has 1 rings (SSSR count). The first-order valence-electron chi connectivity index (χ1n) is 6.18. The van der Waals surface area contributed by atoms with Crippen molar-refractivity contribution in [3.63, 3.8) is 0 Å². The topological polar surface area (TPSA) is 72.5 Å². The predicted octanol–water partition coefficient (Wildman–Crippen LogP) is 2.32. The maximum Gasteiger partial charge on any atom is 0.310 e. The van der Waals surface area contributed by atoms with Gasteiger partial charge in [-0.15, -0.1) is 0 Å². The second kappa shape index (κ2) is 7.19. The molecule has 0 aliphatic heterocycles. The zero-order chi connectivity index (χ0) is 15.3. The van der Waals surface area contributed by atoms with Gasteiger partial charge in [0.2, 0.25) is 10.0 Å². The molecule has 20 heavy (non-hydrogen) atoms. The zero-order valence-corrected chi connectivity index (χ0v) is 14.0. The minimum Gasteiger partial charge on any atom is -0.463 e. The number of halogens is 1. The van der Waals surface area contributed by atoms with E-state index in [1.165, 1.54) is 6.07 Å². The van der Waals surface area contributed by atoms with Crippen molar-refractivity contribution in [3.8, 4) is 0 Å². The lowest BCUT2D eigenvalue weighted by Gasteiger charge is -2.15. The van der Waals surface area contributed by atoms with Gasteiger partial charge in [-0.25, -0.2) is 13.1 Å². The summed E-state index contributed by atoms with van der Waals surface area (Å²) in [6, 6.07) is 6.50. The van der Waals surface area contributed by atoms with E-state index in [-0.39, 0.29) is 17.5 Å². The van der Waals surface area contributed by atoms with Gasteiger partial charge in [0, 0.05) is 11.0 Å². The molecule has 1 atom stereocenters. The van der Waals surface area contributed by atoms with Gasteiger partial charge in [-0.1, -0.05) is 19.1 Å². The highest BCUT2D eigenvalue weighted by Crippen LogP contribution is 2.20. The van der Waals surface area contributed by atoms with Crippen molar-refractivity contribution in [3.05, 3.63) is 28.7 Å². The van der Waals surface area contributed by atoms with Crippen molar-refractivity contribution in [1.29, 1.82) is 0 Å². The first-order valence-corrected chi connectivity index (χ1v) is 8.46. The summed E-state index contributed by atoms with van der Waals surface area (Å²) in [5.41, 5.74) is 0. The Balaban J connectivity index is 2.70. The molecule has 0 fully saturated rings. The van der Waals surface area contributed by atoms with Gasteiger partial charge >= 0.3 is 5.97 Å². The SMILES string of the molecule is CC(C)OC(=O)[C@H](C)CNS(=O)(=O)c1ccccc1Br. The van der Waals surface area contributed by atoms with Crippen molar-refractivity contribution in [2.75, 3.05) is 6.54 Å². The number of sulfonamides is 1. The Hall–Kier alpha value is -0.920. The van der Waals surface area contributed by atoms with Crippen LogP contribution >= 0.6 is 15.9 Å². The smallest absolute Gasteiger partial charge is 0.310 e. The van der Waals surface area contributed by atoms with E-state index in [2.05, 4.69) is 20.7 Å². The molecule has 0 saturated carbocycles. The fraction of sp³-hybridized carbons (Fsp3) is 0.462. The Labute approximate surface area is 127 Å². The fourth-order valence-corrected chi connectivity index (χ4v) is 3.54. The van der Waals surface area contributed by atoms with Crippen LogP contribution in [0.5, 0.6) is 0 Å². The highest BCUT2D eigenvalue weighted by molar-refractivity contribution is 9.10. The van der Waals surface area contributed by atoms with Gasteiger partial charge in [-0.3, -0.25) is 4.79 Å². The van der Waals surface area contributed by atoms with Crippen LogP contribution < -0.4 is 4.72 Å². The van der Waals surface area contributed by atoms with Crippen LogP contribution in [0.1, 0.15) is 20.8 Å². The molecular weight excluding hydrogens is 346 g/mol. The molecule has 0 amide bonds. The first-order chi connectivity index (χ1) is 9.24. The number of hydrogen-bond donors (Lipinski definition) is 1. The summed E-state index contributed by atoms with van der Waals surface area (Å²) in [6.07, 6.45) is -0.218. The third kappa shape index (κ3) is 4.88. The molecular formula is C13H18BrNO4S. The van der Waals surface area contributed by atoms with E-state index in [9.17, 15) is 13.2 Å². The lowest BCUT2D eigenvalue weighted by Crippen LogP contribution is -2.33. The third-order valence-corrected chi connectivity index (χ3v) is 4.90. The second-order valence-electron chi connectivity index (χ2n) is 4.67. The Morgan fingerprint density at radius 1 is 1.30 bits per heavy atom. The van der Waals surface area contributed by atoms with Crippen molar-refractivity contribution < 1.29 is 17.9 Å². The molecule has 0 aliphatic carbocycles. The van der Waals surface area contributed by atoms with Crippen molar-refractivity contribution in [2.24, 2.45) is 5.92 Å². The van der Waals surface area contributed by atoms with Gasteiger partial charge in [0.1, 0.15) is 0 Å². The number of hydrogen-bond acceptors (Lipinski definition) is 4. The van der Waals surface area contributed by atoms with Crippen LogP contribution in [0.3, 0.4) is 0 Å². The molecule has 1 aromatic rings. The normalized spacial score (nSPS) is 13.2. The van der Waals surface area contributed by atoms with Gasteiger partial charge in [0.15, 0.2) is 0 Å². The molecule has 5 nitrogen and oxygen atoms in total. The maximum absolute atomic E-state index is 12.1. The molecule has 112 valence electrons. The lowest BCUT2D eigenvalue weighted by molar-refractivity contribution is -0.151. The monoisotopic (exact) mass is 363 g/mol. The molecule has 0 saturated heterocycles. The Morgan fingerprint density at radius 2 is 1.90 bits per heavy atom. The summed E-state index contributed by atoms with van der Waals surface area (Å²) >= 11 is 3.19. The van der Waals surface area contributed by atoms with Crippen LogP contribution in [0, 0.1) is 5.92 Å². The van der Waals surface area contributed by atoms with Crippen LogP contribution in [0.25, 0.3) is 0 Å². The number of carbonyl (C=O) groups excluding carboxylic acids is 1. The number of esters is 1. The third-order valence-electron chi connectivity index (χ3n) is 2.46. The van der Waals surface area contributed by atoms with Crippen molar-refractivity contribution in [1.82, 2.24) is 4.72 Å². The van der Waals surface area contributed by atoms with Crippen LogP contribution in [0.2, 0.25) is 0 Å². The molecule has 1 aromatic carbocycles. The molecule has 0 unspecified atom stereocenters. The Bertz CT molecular complexity index is 571. The molecule has 0 spiro atoms. The molecule has 1 N–H and O–H groups in total. The summed E-state index contributed by atoms with van der Waals surface area (Å²) in [5, 5.41) is 0. The van der Waals surface area contributed by atoms with Crippen LogP contribution in [0.4, 0.5) is 0 Å². The highest BCUT2D eigenvalue weighted by atomic mass is 79.9. The number of rotatable bonds is 6. The van der Waals surface area contributed by atoms with E-state index in [1.807, 2.05) is 0 Å². The fourth-order valence-electron chi connectivity index (χ4n) is 1.41. The first kappa shape index (κ1) is 17.1. The summed E-state index contributed by atoms with van der Waals surface area (Å²) in [4.78, 5) is 11.8. The largest absolute Gasteiger partial charge is 0.463 e. The summed E-state index contributed by atoms with van der Waals surface area (Å²) < 4.78 is 32.1. The standard InChI is InChI=1S/C13H18BrNO4S/c1-9(2)19-13(16)10(3)8-15-20(17,18)12-7-5-4-6-11(12)14/h4-7,9-10,15H,8H2,1-3H3/t10-/m1/s1. The molecule has 0 aromatic heterocycles. The molecule has 0 bridgehead atoms. The average Bonchev–Trinajstić information content (AvgIpc) is 2.35. The van der Waals surface area contributed by atoms with E-state index < -0.39 is 21.9 Å². The minimum atomic E-state index is -3.65. The van der Waals surface area contributed by atoms with Gasteiger partial charge in [-0.05, 0) is 41.9 Å².